The smallest absolute Gasteiger partial charge is 0.303 e. The maximum absolute atomic E-state index is 13.8. The Kier molecular flexibility index (Phi) is 8.16. The predicted octanol–water partition coefficient (Wildman–Crippen LogP) is 6.38. The highest BCUT2D eigenvalue weighted by molar-refractivity contribution is 5.97. The lowest BCUT2D eigenvalue weighted by Crippen LogP contribution is -2.39. The van der Waals surface area contributed by atoms with Crippen molar-refractivity contribution in [2.75, 3.05) is 13.1 Å². The number of pyridine rings is 2. The fourth-order valence-electron chi connectivity index (χ4n) is 6.25. The molecule has 1 aliphatic heterocycles. The first-order valence-corrected chi connectivity index (χ1v) is 15.7. The van der Waals surface area contributed by atoms with Crippen molar-refractivity contribution >= 4 is 34.1 Å². The largest absolute Gasteiger partial charge is 0.481 e. The van der Waals surface area contributed by atoms with E-state index in [1.165, 1.54) is 0 Å². The summed E-state index contributed by atoms with van der Waals surface area (Å²) in [5, 5.41) is 9.07. The number of carboxylic acid groups (broad SMARTS) is 1. The van der Waals surface area contributed by atoms with Crippen molar-refractivity contribution in [2.24, 2.45) is 0 Å². The summed E-state index contributed by atoms with van der Waals surface area (Å²) in [5.74, 6) is -0.0413. The first-order valence-electron chi connectivity index (χ1n) is 15.7. The van der Waals surface area contributed by atoms with Gasteiger partial charge in [0, 0.05) is 49.1 Å². The molecule has 4 aromatic heterocycles. The van der Waals surface area contributed by atoms with Crippen LogP contribution in [0, 0.1) is 0 Å². The highest BCUT2D eigenvalue weighted by Crippen LogP contribution is 2.33. The lowest BCUT2D eigenvalue weighted by molar-refractivity contribution is -0.137. The molecule has 5 heterocycles. The monoisotopic (exact) mass is 611 g/mol. The topological polar surface area (TPSA) is 127 Å². The van der Waals surface area contributed by atoms with Crippen molar-refractivity contribution in [3.05, 3.63) is 103 Å². The van der Waals surface area contributed by atoms with Crippen LogP contribution < -0.4 is 0 Å². The van der Waals surface area contributed by atoms with Gasteiger partial charge in [0.1, 0.15) is 11.2 Å². The van der Waals surface area contributed by atoms with Gasteiger partial charge in [-0.3, -0.25) is 14.6 Å². The minimum atomic E-state index is -0.802. The third kappa shape index (κ3) is 5.93. The summed E-state index contributed by atoms with van der Waals surface area (Å²) >= 11 is 0. The van der Waals surface area contributed by atoms with E-state index < -0.39 is 5.97 Å². The van der Waals surface area contributed by atoms with Crippen LogP contribution in [-0.2, 0) is 11.2 Å². The standard InChI is InChI=1S/C36H33N7O3/c44-32(45)14-5-4-11-28-33(24-9-2-1-3-10-24)40-27-16-15-25(23-31(27)39-28)36(46)42-21-17-26(18-22-42)43-34-30(13-8-20-38-34)41-35(43)29-12-6-7-19-37-29/h1-3,6-10,12-13,15-16,19-20,23,26H,4-5,11,14,17-18,21-22H2,(H,44,45). The summed E-state index contributed by atoms with van der Waals surface area (Å²) in [7, 11) is 0. The Morgan fingerprint density at radius 1 is 0.783 bits per heavy atom. The van der Waals surface area contributed by atoms with E-state index in [0.717, 1.165) is 52.5 Å². The molecule has 1 N–H and O–H groups in total. The summed E-state index contributed by atoms with van der Waals surface area (Å²) in [6.45, 7) is 1.20. The minimum absolute atomic E-state index is 0.0316. The van der Waals surface area contributed by atoms with Gasteiger partial charge in [0.15, 0.2) is 11.5 Å². The van der Waals surface area contributed by atoms with Crippen LogP contribution in [0.3, 0.4) is 0 Å². The van der Waals surface area contributed by atoms with Crippen LogP contribution in [-0.4, -0.2) is 64.5 Å². The highest BCUT2D eigenvalue weighted by Gasteiger charge is 2.28. The van der Waals surface area contributed by atoms with Gasteiger partial charge in [0.25, 0.3) is 5.91 Å². The van der Waals surface area contributed by atoms with Crippen molar-refractivity contribution in [3.63, 3.8) is 0 Å². The number of fused-ring (bicyclic) bond motifs is 2. The molecule has 0 aliphatic carbocycles. The second-order valence-electron chi connectivity index (χ2n) is 11.6. The number of carbonyl (C=O) groups is 2. The van der Waals surface area contributed by atoms with Crippen LogP contribution in [0.1, 0.15) is 54.2 Å². The van der Waals surface area contributed by atoms with Gasteiger partial charge in [0.05, 0.1) is 22.4 Å². The molecule has 1 amide bonds. The van der Waals surface area contributed by atoms with E-state index in [0.29, 0.717) is 48.9 Å². The maximum Gasteiger partial charge on any atom is 0.303 e. The van der Waals surface area contributed by atoms with Gasteiger partial charge in [-0.25, -0.2) is 19.9 Å². The fraction of sp³-hybridized carbons (Fsp3) is 0.250. The van der Waals surface area contributed by atoms with Gasteiger partial charge in [-0.2, -0.15) is 0 Å². The number of aromatic nitrogens is 6. The minimum Gasteiger partial charge on any atom is -0.481 e. The van der Waals surface area contributed by atoms with Crippen molar-refractivity contribution in [1.82, 2.24) is 34.4 Å². The molecule has 0 saturated carbocycles. The average molecular weight is 612 g/mol. The van der Waals surface area contributed by atoms with Gasteiger partial charge in [-0.05, 0) is 74.6 Å². The zero-order valence-corrected chi connectivity index (χ0v) is 25.3. The normalized spacial score (nSPS) is 13.8. The molecule has 230 valence electrons. The number of hydrogen-bond acceptors (Lipinski definition) is 7. The number of piperidine rings is 1. The molecule has 0 radical (unpaired) electrons. The molecule has 0 atom stereocenters. The van der Waals surface area contributed by atoms with Crippen LogP contribution in [0.2, 0.25) is 0 Å². The molecular weight excluding hydrogens is 578 g/mol. The SMILES string of the molecule is O=C(O)CCCCc1nc2cc(C(=O)N3CCC(n4c(-c5ccccn5)nc5cccnc54)CC3)ccc2nc1-c1ccccc1. The second-order valence-corrected chi connectivity index (χ2v) is 11.6. The Bertz CT molecular complexity index is 2020. The Hall–Kier alpha value is -5.51. The number of amides is 1. The van der Waals surface area contributed by atoms with E-state index in [4.69, 9.17) is 20.1 Å². The van der Waals surface area contributed by atoms with E-state index in [1.807, 2.05) is 83.8 Å². The molecule has 1 saturated heterocycles. The molecule has 1 aliphatic rings. The second kappa shape index (κ2) is 12.8. The van der Waals surface area contributed by atoms with E-state index in [1.54, 1.807) is 12.4 Å². The fourth-order valence-corrected chi connectivity index (χ4v) is 6.25. The van der Waals surface area contributed by atoms with Crippen molar-refractivity contribution in [2.45, 2.75) is 44.6 Å². The lowest BCUT2D eigenvalue weighted by Gasteiger charge is -2.33. The quantitative estimate of drug-likeness (QED) is 0.187. The van der Waals surface area contributed by atoms with E-state index in [-0.39, 0.29) is 18.4 Å². The van der Waals surface area contributed by atoms with Crippen LogP contribution in [0.4, 0.5) is 0 Å². The number of hydrogen-bond donors (Lipinski definition) is 1. The number of aliphatic carboxylic acids is 1. The molecule has 0 spiro atoms. The number of aryl methyl sites for hydroxylation is 1. The Labute approximate surface area is 265 Å². The lowest BCUT2D eigenvalue weighted by atomic mass is 10.0. The van der Waals surface area contributed by atoms with Crippen molar-refractivity contribution in [3.8, 4) is 22.8 Å². The number of imidazole rings is 1. The summed E-state index contributed by atoms with van der Waals surface area (Å²) in [5.41, 5.74) is 6.96. The van der Waals surface area contributed by atoms with Crippen LogP contribution >= 0.6 is 0 Å². The third-order valence-electron chi connectivity index (χ3n) is 8.54. The molecule has 10 nitrogen and oxygen atoms in total. The van der Waals surface area contributed by atoms with Crippen molar-refractivity contribution in [1.29, 1.82) is 0 Å². The molecule has 6 aromatic rings. The highest BCUT2D eigenvalue weighted by atomic mass is 16.4. The average Bonchev–Trinajstić information content (AvgIpc) is 3.50. The van der Waals surface area contributed by atoms with Crippen molar-refractivity contribution < 1.29 is 14.7 Å². The van der Waals surface area contributed by atoms with Crippen LogP contribution in [0.15, 0.2) is 91.3 Å². The Morgan fingerprint density at radius 3 is 2.37 bits per heavy atom. The van der Waals surface area contributed by atoms with Crippen LogP contribution in [0.5, 0.6) is 0 Å². The van der Waals surface area contributed by atoms with Gasteiger partial charge in [-0.1, -0.05) is 36.4 Å². The van der Waals surface area contributed by atoms with Gasteiger partial charge >= 0.3 is 5.97 Å². The first kappa shape index (κ1) is 29.2. The van der Waals surface area contributed by atoms with Gasteiger partial charge in [-0.15, -0.1) is 0 Å². The van der Waals surface area contributed by atoms with Crippen LogP contribution in [0.25, 0.3) is 45.0 Å². The maximum atomic E-state index is 13.8. The predicted molar refractivity (Wildman–Crippen MR) is 175 cm³/mol. The molecule has 0 unspecified atom stereocenters. The number of carboxylic acids is 1. The summed E-state index contributed by atoms with van der Waals surface area (Å²) in [6.07, 6.45) is 7.06. The first-order chi connectivity index (χ1) is 22.5. The van der Waals surface area contributed by atoms with E-state index >= 15 is 0 Å². The molecule has 7 rings (SSSR count). The number of likely N-dealkylation sites (tertiary alicyclic amines) is 1. The number of benzene rings is 2. The van der Waals surface area contributed by atoms with E-state index in [2.05, 4.69) is 14.5 Å². The Balaban J connectivity index is 1.12. The zero-order valence-electron chi connectivity index (χ0n) is 25.3. The van der Waals surface area contributed by atoms with Gasteiger partial charge < -0.3 is 14.6 Å². The molecule has 0 bridgehead atoms. The zero-order chi connectivity index (χ0) is 31.5. The van der Waals surface area contributed by atoms with E-state index in [9.17, 15) is 9.59 Å². The molecular formula is C36H33N7O3. The Morgan fingerprint density at radius 2 is 1.59 bits per heavy atom. The number of rotatable bonds is 9. The molecule has 10 heteroatoms. The molecule has 1 fully saturated rings. The molecule has 2 aromatic carbocycles. The number of nitrogens with zero attached hydrogens (tertiary/aromatic N) is 7. The third-order valence-corrected chi connectivity index (χ3v) is 8.54. The summed E-state index contributed by atoms with van der Waals surface area (Å²) in [6, 6.07) is 25.2. The number of unbranched alkanes of at least 4 members (excludes halogenated alkanes) is 1. The van der Waals surface area contributed by atoms with Gasteiger partial charge in [0.2, 0.25) is 0 Å². The molecule has 46 heavy (non-hydrogen) atoms. The summed E-state index contributed by atoms with van der Waals surface area (Å²) in [4.78, 5) is 50.7. The summed E-state index contributed by atoms with van der Waals surface area (Å²) < 4.78 is 2.19. The number of carbonyl (C=O) groups excluding carboxylic acids is 1.